The smallest absolute Gasteiger partial charge is 0.356 e. The fraction of sp³-hybridized carbons (Fsp3) is 0.615. The molecule has 0 saturated heterocycles. The number of rotatable bonds is 7. The van der Waals surface area contributed by atoms with E-state index < -0.39 is 5.97 Å². The van der Waals surface area contributed by atoms with Gasteiger partial charge in [0.05, 0.1) is 11.9 Å². The van der Waals surface area contributed by atoms with Crippen LogP contribution in [0.5, 0.6) is 0 Å². The van der Waals surface area contributed by atoms with Crippen molar-refractivity contribution in [2.75, 3.05) is 32.1 Å². The van der Waals surface area contributed by atoms with Crippen LogP contribution in [0.4, 0.5) is 5.69 Å². The standard InChI is InChI=1S/C13H22N4O2/c1-9(2)12-15-8-10(11(16-12)13(18)19)17(4)7-5-6-14-3/h8-9,14H,5-7H2,1-4H3,(H,18,19). The number of carboxylic acids is 1. The lowest BCUT2D eigenvalue weighted by Crippen LogP contribution is -2.25. The average molecular weight is 266 g/mol. The number of nitrogens with zero attached hydrogens (tertiary/aromatic N) is 3. The first-order valence-corrected chi connectivity index (χ1v) is 6.43. The molecular weight excluding hydrogens is 244 g/mol. The van der Waals surface area contributed by atoms with E-state index in [4.69, 9.17) is 0 Å². The van der Waals surface area contributed by atoms with Crippen molar-refractivity contribution in [2.24, 2.45) is 0 Å². The monoisotopic (exact) mass is 266 g/mol. The molecule has 0 aliphatic carbocycles. The number of aromatic carboxylic acids is 1. The molecule has 1 aromatic heterocycles. The van der Waals surface area contributed by atoms with Gasteiger partial charge in [0, 0.05) is 19.5 Å². The summed E-state index contributed by atoms with van der Waals surface area (Å²) in [6.45, 7) is 5.53. The maximum Gasteiger partial charge on any atom is 0.356 e. The molecule has 1 heterocycles. The predicted octanol–water partition coefficient (Wildman–Crippen LogP) is 1.34. The number of hydrogen-bond acceptors (Lipinski definition) is 5. The van der Waals surface area contributed by atoms with Crippen molar-refractivity contribution in [3.8, 4) is 0 Å². The lowest BCUT2D eigenvalue weighted by atomic mass is 10.2. The summed E-state index contributed by atoms with van der Waals surface area (Å²) in [4.78, 5) is 21.6. The van der Waals surface area contributed by atoms with Crippen molar-refractivity contribution in [1.82, 2.24) is 15.3 Å². The van der Waals surface area contributed by atoms with Gasteiger partial charge in [0.1, 0.15) is 5.82 Å². The largest absolute Gasteiger partial charge is 0.476 e. The zero-order valence-corrected chi connectivity index (χ0v) is 12.0. The molecule has 6 heteroatoms. The van der Waals surface area contributed by atoms with Crippen LogP contribution in [0.2, 0.25) is 0 Å². The van der Waals surface area contributed by atoms with Crippen molar-refractivity contribution in [3.05, 3.63) is 17.7 Å². The maximum absolute atomic E-state index is 11.3. The van der Waals surface area contributed by atoms with Crippen LogP contribution in [0.1, 0.15) is 42.5 Å². The number of aromatic nitrogens is 2. The van der Waals surface area contributed by atoms with Gasteiger partial charge >= 0.3 is 5.97 Å². The summed E-state index contributed by atoms with van der Waals surface area (Å²) in [6, 6.07) is 0. The first-order valence-electron chi connectivity index (χ1n) is 6.43. The summed E-state index contributed by atoms with van der Waals surface area (Å²) in [5, 5.41) is 12.3. The molecule has 0 fully saturated rings. The van der Waals surface area contributed by atoms with Crippen LogP contribution < -0.4 is 10.2 Å². The predicted molar refractivity (Wildman–Crippen MR) is 74.9 cm³/mol. The van der Waals surface area contributed by atoms with Gasteiger partial charge < -0.3 is 15.3 Å². The van der Waals surface area contributed by atoms with Gasteiger partial charge in [-0.1, -0.05) is 13.8 Å². The maximum atomic E-state index is 11.3. The van der Waals surface area contributed by atoms with Crippen LogP contribution >= 0.6 is 0 Å². The Balaban J connectivity index is 2.96. The molecule has 0 aromatic carbocycles. The highest BCUT2D eigenvalue weighted by atomic mass is 16.4. The minimum atomic E-state index is -1.01. The Hall–Kier alpha value is -1.69. The van der Waals surface area contributed by atoms with Crippen LogP contribution in [0.3, 0.4) is 0 Å². The molecule has 0 atom stereocenters. The molecule has 0 spiro atoms. The van der Waals surface area contributed by atoms with Crippen LogP contribution in [0, 0.1) is 0 Å². The Labute approximate surface area is 113 Å². The topological polar surface area (TPSA) is 78.3 Å². The van der Waals surface area contributed by atoms with E-state index >= 15 is 0 Å². The van der Waals surface area contributed by atoms with E-state index in [2.05, 4.69) is 15.3 Å². The lowest BCUT2D eigenvalue weighted by molar-refractivity contribution is 0.0690. The van der Waals surface area contributed by atoms with E-state index in [1.165, 1.54) is 0 Å². The van der Waals surface area contributed by atoms with Crippen molar-refractivity contribution in [2.45, 2.75) is 26.2 Å². The van der Waals surface area contributed by atoms with Crippen LogP contribution in [-0.4, -0.2) is 48.2 Å². The van der Waals surface area contributed by atoms with E-state index in [1.807, 2.05) is 32.8 Å². The van der Waals surface area contributed by atoms with Crippen molar-refractivity contribution in [3.63, 3.8) is 0 Å². The average Bonchev–Trinajstić information content (AvgIpc) is 2.38. The second-order valence-electron chi connectivity index (χ2n) is 4.80. The summed E-state index contributed by atoms with van der Waals surface area (Å²) in [6.07, 6.45) is 2.53. The third kappa shape index (κ3) is 4.17. The first kappa shape index (κ1) is 15.4. The molecule has 0 saturated carbocycles. The van der Waals surface area contributed by atoms with Gasteiger partial charge in [-0.15, -0.1) is 0 Å². The first-order chi connectivity index (χ1) is 8.97. The van der Waals surface area contributed by atoms with E-state index in [9.17, 15) is 9.90 Å². The molecule has 2 N–H and O–H groups in total. The summed E-state index contributed by atoms with van der Waals surface area (Å²) in [5.74, 6) is -0.341. The molecule has 0 aliphatic rings. The zero-order chi connectivity index (χ0) is 14.4. The Morgan fingerprint density at radius 1 is 1.53 bits per heavy atom. The third-order valence-electron chi connectivity index (χ3n) is 2.84. The highest BCUT2D eigenvalue weighted by Crippen LogP contribution is 2.19. The molecule has 6 nitrogen and oxygen atoms in total. The molecule has 1 aromatic rings. The third-order valence-corrected chi connectivity index (χ3v) is 2.84. The molecule has 0 radical (unpaired) electrons. The lowest BCUT2D eigenvalue weighted by Gasteiger charge is -2.20. The Morgan fingerprint density at radius 3 is 2.74 bits per heavy atom. The highest BCUT2D eigenvalue weighted by Gasteiger charge is 2.18. The van der Waals surface area contributed by atoms with E-state index in [0.29, 0.717) is 11.5 Å². The molecular formula is C13H22N4O2. The number of nitrogens with one attached hydrogen (secondary N) is 1. The fourth-order valence-electron chi connectivity index (χ4n) is 1.72. The van der Waals surface area contributed by atoms with Gasteiger partial charge in [0.2, 0.25) is 0 Å². The molecule has 0 aliphatic heterocycles. The van der Waals surface area contributed by atoms with Crippen LogP contribution in [0.15, 0.2) is 6.20 Å². The minimum absolute atomic E-state index is 0.0747. The van der Waals surface area contributed by atoms with Crippen LogP contribution in [0.25, 0.3) is 0 Å². The Morgan fingerprint density at radius 2 is 2.21 bits per heavy atom. The zero-order valence-electron chi connectivity index (χ0n) is 12.0. The Bertz CT molecular complexity index is 435. The number of carbonyl (C=O) groups is 1. The molecule has 19 heavy (non-hydrogen) atoms. The van der Waals surface area contributed by atoms with Gasteiger partial charge in [-0.05, 0) is 20.0 Å². The molecule has 0 unspecified atom stereocenters. The van der Waals surface area contributed by atoms with Gasteiger partial charge in [0.25, 0.3) is 0 Å². The quantitative estimate of drug-likeness (QED) is 0.725. The van der Waals surface area contributed by atoms with E-state index in [-0.39, 0.29) is 11.6 Å². The second-order valence-corrected chi connectivity index (χ2v) is 4.80. The van der Waals surface area contributed by atoms with Gasteiger partial charge in [0.15, 0.2) is 5.69 Å². The molecule has 0 amide bonds. The highest BCUT2D eigenvalue weighted by molar-refractivity contribution is 5.91. The SMILES string of the molecule is CNCCCN(C)c1cnc(C(C)C)nc1C(=O)O. The number of carboxylic acid groups (broad SMARTS) is 1. The van der Waals surface area contributed by atoms with Crippen molar-refractivity contribution in [1.29, 1.82) is 0 Å². The fourth-order valence-corrected chi connectivity index (χ4v) is 1.72. The minimum Gasteiger partial charge on any atom is -0.476 e. The normalized spacial score (nSPS) is 10.8. The summed E-state index contributed by atoms with van der Waals surface area (Å²) >= 11 is 0. The van der Waals surface area contributed by atoms with Crippen LogP contribution in [-0.2, 0) is 0 Å². The van der Waals surface area contributed by atoms with Gasteiger partial charge in [-0.25, -0.2) is 14.8 Å². The molecule has 106 valence electrons. The van der Waals surface area contributed by atoms with Gasteiger partial charge in [-0.2, -0.15) is 0 Å². The summed E-state index contributed by atoms with van der Waals surface area (Å²) < 4.78 is 0. The van der Waals surface area contributed by atoms with Crippen molar-refractivity contribution < 1.29 is 9.90 Å². The molecule has 1 rings (SSSR count). The Kier molecular flexibility index (Phi) is 5.69. The van der Waals surface area contributed by atoms with E-state index in [1.54, 1.807) is 6.20 Å². The summed E-state index contributed by atoms with van der Waals surface area (Å²) in [7, 11) is 3.75. The number of anilines is 1. The number of hydrogen-bond donors (Lipinski definition) is 2. The molecule has 0 bridgehead atoms. The van der Waals surface area contributed by atoms with Crippen molar-refractivity contribution >= 4 is 11.7 Å². The summed E-state index contributed by atoms with van der Waals surface area (Å²) in [5.41, 5.74) is 0.638. The van der Waals surface area contributed by atoms with E-state index in [0.717, 1.165) is 19.5 Å². The van der Waals surface area contributed by atoms with Gasteiger partial charge in [-0.3, -0.25) is 0 Å². The second kappa shape index (κ2) is 7.04.